The third kappa shape index (κ3) is 10.9. The Balaban J connectivity index is 1.86. The minimum Gasteiger partial charge on any atom is -0.378 e. The number of carbonyl (C=O) groups excluding carboxylic acids is 5. The first-order chi connectivity index (χ1) is 24.2. The molecule has 3 fully saturated rings. The number of unbranched alkanes of at least 4 members (excludes halogenated alkanes) is 4. The van der Waals surface area contributed by atoms with E-state index in [1.54, 1.807) is 38.7 Å². The molecule has 9 nitrogen and oxygen atoms in total. The van der Waals surface area contributed by atoms with E-state index in [0.29, 0.717) is 32.4 Å². The number of amides is 1. The first-order valence-corrected chi connectivity index (χ1v) is 21.7. The zero-order valence-electron chi connectivity index (χ0n) is 33.6. The molecule has 0 spiro atoms. The van der Waals surface area contributed by atoms with Crippen molar-refractivity contribution < 1.29 is 37.1 Å². The number of carbonyl (C=O) groups is 5. The van der Waals surface area contributed by atoms with E-state index in [9.17, 15) is 32.4 Å². The molecule has 0 N–H and O–H groups in total. The largest absolute Gasteiger partial charge is 0.378 e. The van der Waals surface area contributed by atoms with E-state index in [0.717, 1.165) is 51.4 Å². The summed E-state index contributed by atoms with van der Waals surface area (Å²) >= 11 is 0. The zero-order valence-corrected chi connectivity index (χ0v) is 34.4. The van der Waals surface area contributed by atoms with E-state index in [-0.39, 0.29) is 66.2 Å². The summed E-state index contributed by atoms with van der Waals surface area (Å²) in [4.78, 5) is 69.8. The highest BCUT2D eigenvalue weighted by molar-refractivity contribution is 7.92. The first-order valence-electron chi connectivity index (χ1n) is 20.1. The van der Waals surface area contributed by atoms with Gasteiger partial charge in [-0.15, -0.1) is 6.58 Å². The highest BCUT2D eigenvalue weighted by Gasteiger charge is 2.69. The van der Waals surface area contributed by atoms with Crippen LogP contribution >= 0.6 is 0 Å². The van der Waals surface area contributed by atoms with Crippen molar-refractivity contribution in [1.29, 1.82) is 0 Å². The number of fused-ring (bicyclic) bond motifs is 1. The Hall–Kier alpha value is -2.20. The summed E-state index contributed by atoms with van der Waals surface area (Å²) in [6.07, 6.45) is 10.6. The number of piperidine rings is 1. The lowest BCUT2D eigenvalue weighted by Gasteiger charge is -2.39. The van der Waals surface area contributed by atoms with E-state index >= 15 is 0 Å². The molecule has 0 bridgehead atoms. The van der Waals surface area contributed by atoms with Crippen molar-refractivity contribution in [2.45, 2.75) is 169 Å². The number of rotatable bonds is 23. The number of allylic oxidation sites excluding steroid dienone is 1. The van der Waals surface area contributed by atoms with Crippen molar-refractivity contribution in [3.63, 3.8) is 0 Å². The van der Waals surface area contributed by atoms with Crippen LogP contribution in [0.4, 0.5) is 0 Å². The normalized spacial score (nSPS) is 24.0. The molecule has 6 atom stereocenters. The van der Waals surface area contributed by atoms with Gasteiger partial charge in [0.25, 0.3) is 0 Å². The van der Waals surface area contributed by atoms with Crippen molar-refractivity contribution in [2.75, 3.05) is 18.9 Å². The fraction of sp³-hybridized carbons (Fsp3) is 0.833. The molecule has 52 heavy (non-hydrogen) atoms. The second kappa shape index (κ2) is 18.4. The lowest BCUT2D eigenvalue weighted by molar-refractivity contribution is -0.149. The van der Waals surface area contributed by atoms with Crippen molar-refractivity contribution in [3.8, 4) is 0 Å². The number of sulfone groups is 1. The first kappa shape index (κ1) is 44.2. The molecule has 3 rings (SSSR count). The van der Waals surface area contributed by atoms with E-state index in [4.69, 9.17) is 4.74 Å². The van der Waals surface area contributed by atoms with Gasteiger partial charge in [0.05, 0.1) is 28.6 Å². The molecule has 2 aliphatic carbocycles. The number of nitrogens with zero attached hydrogens (tertiary/aromatic N) is 1. The van der Waals surface area contributed by atoms with Gasteiger partial charge in [-0.05, 0) is 76.0 Å². The molecule has 0 aromatic rings. The topological polar surface area (TPSA) is 132 Å². The molecule has 1 saturated heterocycles. The summed E-state index contributed by atoms with van der Waals surface area (Å²) in [7, 11) is -3.49. The maximum Gasteiger partial charge on any atom is 0.229 e. The van der Waals surface area contributed by atoms with Gasteiger partial charge in [-0.2, -0.15) is 0 Å². The molecule has 0 unspecified atom stereocenters. The van der Waals surface area contributed by atoms with Crippen LogP contribution in [0.5, 0.6) is 0 Å². The van der Waals surface area contributed by atoms with Gasteiger partial charge in [0, 0.05) is 44.8 Å². The number of likely N-dealkylation sites (tertiary alicyclic amines) is 1. The van der Waals surface area contributed by atoms with Crippen LogP contribution in [-0.4, -0.2) is 78.2 Å². The van der Waals surface area contributed by atoms with Gasteiger partial charge < -0.3 is 9.64 Å². The van der Waals surface area contributed by atoms with Crippen molar-refractivity contribution in [2.24, 2.45) is 34.5 Å². The number of hydrogen-bond acceptors (Lipinski definition) is 8. The van der Waals surface area contributed by atoms with Crippen LogP contribution in [0.3, 0.4) is 0 Å². The summed E-state index contributed by atoms with van der Waals surface area (Å²) in [6.45, 7) is 19.3. The Morgan fingerprint density at radius 2 is 1.60 bits per heavy atom. The van der Waals surface area contributed by atoms with Gasteiger partial charge in [0.2, 0.25) is 11.7 Å². The Labute approximate surface area is 314 Å². The monoisotopic (exact) mass is 747 g/mol. The maximum absolute atomic E-state index is 14.7. The van der Waals surface area contributed by atoms with E-state index in [1.807, 2.05) is 6.92 Å². The zero-order chi connectivity index (χ0) is 39.1. The highest BCUT2D eigenvalue weighted by atomic mass is 32.2. The second-order valence-corrected chi connectivity index (χ2v) is 20.8. The van der Waals surface area contributed by atoms with Crippen LogP contribution in [0, 0.1) is 34.5 Å². The molecule has 1 aliphatic heterocycles. The maximum atomic E-state index is 14.7. The summed E-state index contributed by atoms with van der Waals surface area (Å²) in [5, 5.41) is 0. The Kier molecular flexibility index (Phi) is 15.7. The Morgan fingerprint density at radius 1 is 0.962 bits per heavy atom. The third-order valence-corrected chi connectivity index (χ3v) is 15.4. The molecule has 1 amide bonds. The van der Waals surface area contributed by atoms with Gasteiger partial charge in [-0.25, -0.2) is 8.42 Å². The molecule has 10 heteroatoms. The minimum atomic E-state index is -3.49. The van der Waals surface area contributed by atoms with E-state index < -0.39 is 55.5 Å². The highest BCUT2D eigenvalue weighted by Crippen LogP contribution is 2.65. The van der Waals surface area contributed by atoms with Crippen molar-refractivity contribution >= 4 is 38.9 Å². The summed E-state index contributed by atoms with van der Waals surface area (Å²) in [5.41, 5.74) is -0.816. The van der Waals surface area contributed by atoms with Crippen LogP contribution < -0.4 is 0 Å². The SMILES string of the molecule is C=CCCC(=O)C(=O)[C@H](C)CC(=O)[C@@H]1[C@@H]2[C@H](CN1C(=O)[C@@H](CC(=O)CC1(CS(=O)(=O)C(C)(C)C)CCCCC1)[C@H](C)OCCCCCCC)C2(C)C. The van der Waals surface area contributed by atoms with Gasteiger partial charge in [-0.1, -0.05) is 78.7 Å². The summed E-state index contributed by atoms with van der Waals surface area (Å²) < 4.78 is 32.2. The number of ketones is 4. The molecule has 2 saturated carbocycles. The third-order valence-electron chi connectivity index (χ3n) is 12.5. The Bertz CT molecular complexity index is 1400. The van der Waals surface area contributed by atoms with Crippen LogP contribution in [-0.2, 0) is 38.5 Å². The molecule has 3 aliphatic rings. The molecule has 296 valence electrons. The molecule has 0 radical (unpaired) electrons. The predicted molar refractivity (Wildman–Crippen MR) is 205 cm³/mol. The van der Waals surface area contributed by atoms with Crippen molar-refractivity contribution in [3.05, 3.63) is 12.7 Å². The average molecular weight is 748 g/mol. The van der Waals surface area contributed by atoms with Gasteiger partial charge in [0.15, 0.2) is 21.4 Å². The molecular weight excluding hydrogens is 679 g/mol. The number of ether oxygens (including phenoxy) is 1. The quantitative estimate of drug-likeness (QED) is 0.0591. The van der Waals surface area contributed by atoms with E-state index in [1.165, 1.54) is 0 Å². The number of hydrogen-bond donors (Lipinski definition) is 0. The van der Waals surface area contributed by atoms with Gasteiger partial charge in [0.1, 0.15) is 5.78 Å². The average Bonchev–Trinajstić information content (AvgIpc) is 3.37. The van der Waals surface area contributed by atoms with Gasteiger partial charge >= 0.3 is 0 Å². The molecule has 1 heterocycles. The Morgan fingerprint density at radius 3 is 2.19 bits per heavy atom. The fourth-order valence-corrected chi connectivity index (χ4v) is 10.4. The predicted octanol–water partition coefficient (Wildman–Crippen LogP) is 7.67. The van der Waals surface area contributed by atoms with Crippen LogP contribution in [0.2, 0.25) is 0 Å². The lowest BCUT2D eigenvalue weighted by atomic mass is 9.71. The standard InChI is InChI=1S/C42H69NO8S/c1-10-12-14-15-19-23-51-30(4)32(25-31(44)26-42(21-17-16-18-22-42)28-52(49,50)40(5,6)7)39(48)43-27-33-36(41(33,8)9)37(43)35(46)24-29(3)38(47)34(45)20-13-11-2/h11,29-30,32-33,36-37H,2,10,12-28H2,1,3-9H3/t29-,30+,32+,33+,36+,37-/m1/s1. The minimum absolute atomic E-state index is 0.0498. The molecular formula is C42H69NO8S. The number of Topliss-reactive ketones (excluding diaryl/α,β-unsaturated/α-hetero) is 4. The lowest BCUT2D eigenvalue weighted by Crippen LogP contribution is -2.50. The second-order valence-electron chi connectivity index (χ2n) is 18.0. The summed E-state index contributed by atoms with van der Waals surface area (Å²) in [6, 6.07) is -0.744. The molecule has 0 aromatic carbocycles. The van der Waals surface area contributed by atoms with E-state index in [2.05, 4.69) is 27.4 Å². The molecule has 0 aromatic heterocycles. The van der Waals surface area contributed by atoms with Crippen LogP contribution in [0.1, 0.15) is 152 Å². The summed E-state index contributed by atoms with van der Waals surface area (Å²) in [5.74, 6) is -3.40. The fourth-order valence-electron chi connectivity index (χ4n) is 8.82. The van der Waals surface area contributed by atoms with Gasteiger partial charge in [-0.3, -0.25) is 24.0 Å². The van der Waals surface area contributed by atoms with Crippen LogP contribution in [0.15, 0.2) is 12.7 Å². The van der Waals surface area contributed by atoms with Crippen molar-refractivity contribution in [1.82, 2.24) is 4.90 Å². The smallest absolute Gasteiger partial charge is 0.229 e. The van der Waals surface area contributed by atoms with Crippen LogP contribution in [0.25, 0.3) is 0 Å².